The van der Waals surface area contributed by atoms with Gasteiger partial charge in [-0.1, -0.05) is 48.5 Å². The molecule has 4 rings (SSSR count). The van der Waals surface area contributed by atoms with Crippen LogP contribution in [-0.4, -0.2) is 52.0 Å². The smallest absolute Gasteiger partial charge is 0.325 e. The quantitative estimate of drug-likeness (QED) is 0.739. The number of fused-ring (bicyclic) bond motifs is 1. The van der Waals surface area contributed by atoms with Gasteiger partial charge in [-0.3, -0.25) is 19.6 Å². The Morgan fingerprint density at radius 3 is 2.68 bits per heavy atom. The lowest BCUT2D eigenvalue weighted by atomic mass is 9.97. The number of aromatic nitrogens is 1. The fourth-order valence-corrected chi connectivity index (χ4v) is 4.13. The third-order valence-corrected chi connectivity index (χ3v) is 5.47. The maximum atomic E-state index is 12.3. The van der Waals surface area contributed by atoms with Gasteiger partial charge in [0, 0.05) is 38.6 Å². The average Bonchev–Trinajstić information content (AvgIpc) is 2.94. The van der Waals surface area contributed by atoms with Crippen molar-refractivity contribution in [2.45, 2.75) is 19.0 Å². The first kappa shape index (κ1) is 18.6. The van der Waals surface area contributed by atoms with Crippen molar-refractivity contribution in [3.05, 3.63) is 78.1 Å². The molecule has 28 heavy (non-hydrogen) atoms. The highest BCUT2D eigenvalue weighted by Gasteiger charge is 2.30. The minimum Gasteiger partial charge on any atom is -0.480 e. The molecular formula is C23H25N3O2. The zero-order valence-corrected chi connectivity index (χ0v) is 15.9. The minimum absolute atomic E-state index is 0.621. The topological polar surface area (TPSA) is 56.7 Å². The molecule has 5 heteroatoms. The molecule has 1 N–H and O–H groups in total. The molecule has 1 saturated heterocycles. The molecule has 0 radical (unpaired) electrons. The van der Waals surface area contributed by atoms with Crippen LogP contribution in [0.4, 0.5) is 0 Å². The van der Waals surface area contributed by atoms with Crippen molar-refractivity contribution in [1.82, 2.24) is 14.8 Å². The first-order valence-corrected chi connectivity index (χ1v) is 9.78. The van der Waals surface area contributed by atoms with E-state index in [9.17, 15) is 9.90 Å². The molecule has 144 valence electrons. The summed E-state index contributed by atoms with van der Waals surface area (Å²) in [5, 5.41) is 12.2. The molecule has 0 saturated carbocycles. The van der Waals surface area contributed by atoms with Crippen LogP contribution in [0.25, 0.3) is 10.8 Å². The van der Waals surface area contributed by atoms with Crippen molar-refractivity contribution < 1.29 is 9.90 Å². The van der Waals surface area contributed by atoms with Crippen LogP contribution in [0.15, 0.2) is 67.0 Å². The number of carboxylic acids is 1. The summed E-state index contributed by atoms with van der Waals surface area (Å²) in [5.41, 5.74) is 2.08. The van der Waals surface area contributed by atoms with Crippen molar-refractivity contribution in [3.63, 3.8) is 0 Å². The van der Waals surface area contributed by atoms with Crippen LogP contribution in [0.1, 0.15) is 23.6 Å². The van der Waals surface area contributed by atoms with Crippen molar-refractivity contribution in [2.24, 2.45) is 0 Å². The summed E-state index contributed by atoms with van der Waals surface area (Å²) >= 11 is 0. The molecule has 0 amide bonds. The van der Waals surface area contributed by atoms with Gasteiger partial charge in [-0.05, 0) is 40.9 Å². The van der Waals surface area contributed by atoms with Crippen molar-refractivity contribution in [3.8, 4) is 0 Å². The van der Waals surface area contributed by atoms with Gasteiger partial charge < -0.3 is 5.11 Å². The summed E-state index contributed by atoms with van der Waals surface area (Å²) in [6.45, 7) is 4.19. The summed E-state index contributed by atoms with van der Waals surface area (Å²) < 4.78 is 0. The Labute approximate surface area is 165 Å². The molecule has 5 nitrogen and oxygen atoms in total. The van der Waals surface area contributed by atoms with E-state index in [0.717, 1.165) is 55.5 Å². The van der Waals surface area contributed by atoms with E-state index < -0.39 is 12.0 Å². The van der Waals surface area contributed by atoms with Gasteiger partial charge >= 0.3 is 5.97 Å². The second-order valence-corrected chi connectivity index (χ2v) is 7.34. The Hall–Kier alpha value is -2.76. The van der Waals surface area contributed by atoms with E-state index in [4.69, 9.17) is 0 Å². The number of carboxylic acid groups (broad SMARTS) is 1. The standard InChI is InChI=1S/C23H25N3O2/c27-23(28)22(21-10-3-8-19-7-1-2-9-20(19)21)26-13-5-12-25(14-15-26)17-18-6-4-11-24-16-18/h1-4,6-11,16,22H,5,12-15,17H2,(H,27,28). The van der Waals surface area contributed by atoms with E-state index in [1.165, 1.54) is 5.56 Å². The fourth-order valence-electron chi connectivity index (χ4n) is 4.13. The third-order valence-electron chi connectivity index (χ3n) is 5.47. The molecule has 1 aromatic heterocycles. The number of rotatable bonds is 5. The van der Waals surface area contributed by atoms with Crippen molar-refractivity contribution >= 4 is 16.7 Å². The fraction of sp³-hybridized carbons (Fsp3) is 0.304. The number of pyridine rings is 1. The maximum Gasteiger partial charge on any atom is 0.325 e. The van der Waals surface area contributed by atoms with E-state index in [2.05, 4.69) is 20.9 Å². The minimum atomic E-state index is -0.780. The zero-order chi connectivity index (χ0) is 19.3. The van der Waals surface area contributed by atoms with E-state index in [1.54, 1.807) is 6.20 Å². The molecule has 3 aromatic rings. The second-order valence-electron chi connectivity index (χ2n) is 7.34. The number of hydrogen-bond acceptors (Lipinski definition) is 4. The van der Waals surface area contributed by atoms with Gasteiger partial charge in [-0.2, -0.15) is 0 Å². The van der Waals surface area contributed by atoms with E-state index in [-0.39, 0.29) is 0 Å². The van der Waals surface area contributed by atoms with Crippen LogP contribution in [0.5, 0.6) is 0 Å². The highest BCUT2D eigenvalue weighted by molar-refractivity contribution is 5.90. The maximum absolute atomic E-state index is 12.3. The molecule has 0 aliphatic carbocycles. The first-order valence-electron chi connectivity index (χ1n) is 9.78. The summed E-state index contributed by atoms with van der Waals surface area (Å²) in [6, 6.07) is 17.4. The van der Waals surface area contributed by atoms with Gasteiger partial charge in [0.15, 0.2) is 0 Å². The van der Waals surface area contributed by atoms with Gasteiger partial charge in [0.2, 0.25) is 0 Å². The van der Waals surface area contributed by atoms with Crippen LogP contribution in [0.3, 0.4) is 0 Å². The van der Waals surface area contributed by atoms with E-state index in [0.29, 0.717) is 0 Å². The Bertz CT molecular complexity index is 939. The van der Waals surface area contributed by atoms with Crippen LogP contribution in [0.2, 0.25) is 0 Å². The van der Waals surface area contributed by atoms with Gasteiger partial charge in [0.05, 0.1) is 0 Å². The molecule has 1 atom stereocenters. The summed E-state index contributed by atoms with van der Waals surface area (Å²) in [7, 11) is 0. The summed E-state index contributed by atoms with van der Waals surface area (Å²) in [6.07, 6.45) is 4.64. The van der Waals surface area contributed by atoms with Crippen LogP contribution in [0, 0.1) is 0 Å². The lowest BCUT2D eigenvalue weighted by Crippen LogP contribution is -2.37. The van der Waals surface area contributed by atoms with Crippen molar-refractivity contribution in [1.29, 1.82) is 0 Å². The number of hydrogen-bond donors (Lipinski definition) is 1. The highest BCUT2D eigenvalue weighted by Crippen LogP contribution is 2.29. The lowest BCUT2D eigenvalue weighted by molar-refractivity contribution is -0.143. The van der Waals surface area contributed by atoms with Crippen LogP contribution >= 0.6 is 0 Å². The number of benzene rings is 2. The Kier molecular flexibility index (Phi) is 5.65. The normalized spacial score (nSPS) is 17.3. The Morgan fingerprint density at radius 2 is 1.86 bits per heavy atom. The first-order chi connectivity index (χ1) is 13.7. The highest BCUT2D eigenvalue weighted by atomic mass is 16.4. The van der Waals surface area contributed by atoms with Gasteiger partial charge in [0.25, 0.3) is 0 Å². The average molecular weight is 375 g/mol. The molecule has 2 heterocycles. The summed E-state index contributed by atoms with van der Waals surface area (Å²) in [4.78, 5) is 21.0. The largest absolute Gasteiger partial charge is 0.480 e. The molecule has 2 aromatic carbocycles. The molecular weight excluding hydrogens is 350 g/mol. The predicted molar refractivity (Wildman–Crippen MR) is 110 cm³/mol. The number of carbonyl (C=O) groups is 1. The summed E-state index contributed by atoms with van der Waals surface area (Å²) in [5.74, 6) is -0.780. The third kappa shape index (κ3) is 4.06. The van der Waals surface area contributed by atoms with Crippen molar-refractivity contribution in [2.75, 3.05) is 26.2 Å². The van der Waals surface area contributed by atoms with Gasteiger partial charge in [-0.25, -0.2) is 0 Å². The Balaban J connectivity index is 1.55. The van der Waals surface area contributed by atoms with Crippen LogP contribution < -0.4 is 0 Å². The monoisotopic (exact) mass is 375 g/mol. The predicted octanol–water partition coefficient (Wildman–Crippen LogP) is 3.57. The molecule has 1 aliphatic rings. The molecule has 0 bridgehead atoms. The van der Waals surface area contributed by atoms with E-state index >= 15 is 0 Å². The van der Waals surface area contributed by atoms with Gasteiger partial charge in [0.1, 0.15) is 6.04 Å². The second kappa shape index (κ2) is 8.50. The lowest BCUT2D eigenvalue weighted by Gasteiger charge is -2.28. The molecule has 1 aliphatic heterocycles. The zero-order valence-electron chi connectivity index (χ0n) is 15.9. The molecule has 0 spiro atoms. The number of aliphatic carboxylic acids is 1. The van der Waals surface area contributed by atoms with E-state index in [1.807, 2.05) is 54.7 Å². The van der Waals surface area contributed by atoms with Crippen LogP contribution in [-0.2, 0) is 11.3 Å². The Morgan fingerprint density at radius 1 is 1.00 bits per heavy atom. The SMILES string of the molecule is O=C(O)C(c1cccc2ccccc12)N1CCCN(Cc2cccnc2)CC1. The molecule has 1 fully saturated rings. The molecule has 1 unspecified atom stereocenters. The van der Waals surface area contributed by atoms with Gasteiger partial charge in [-0.15, -0.1) is 0 Å². The number of nitrogens with zero attached hydrogens (tertiary/aromatic N) is 3.